The molecule has 1 aromatic rings. The molecule has 1 atom stereocenters. The molecule has 2 aliphatic heterocycles. The topological polar surface area (TPSA) is 51.2 Å². The third-order valence-electron chi connectivity index (χ3n) is 5.09. The van der Waals surface area contributed by atoms with E-state index in [-0.39, 0.29) is 6.09 Å². The smallest absolute Gasteiger partial charge is 0.410 e. The minimum Gasteiger partial charge on any atom is -0.489 e. The van der Waals surface area contributed by atoms with Crippen LogP contribution in [0.3, 0.4) is 0 Å². The van der Waals surface area contributed by atoms with Crippen molar-refractivity contribution in [2.45, 2.75) is 52.2 Å². The molecule has 0 saturated carbocycles. The number of ether oxygens (including phenoxy) is 3. The van der Waals surface area contributed by atoms with Gasteiger partial charge in [0.1, 0.15) is 18.0 Å². The molecule has 150 valence electrons. The van der Waals surface area contributed by atoms with Crippen LogP contribution in [0.1, 0.15) is 38.8 Å². The number of methoxy groups -OCH3 is 1. The lowest BCUT2D eigenvalue weighted by molar-refractivity contribution is 0.0258. The van der Waals surface area contributed by atoms with E-state index in [0.717, 1.165) is 30.8 Å². The summed E-state index contributed by atoms with van der Waals surface area (Å²) in [5.74, 6) is 0.939. The van der Waals surface area contributed by atoms with Gasteiger partial charge < -0.3 is 24.0 Å². The van der Waals surface area contributed by atoms with Gasteiger partial charge in [-0.15, -0.1) is 0 Å². The summed E-state index contributed by atoms with van der Waals surface area (Å²) in [5.41, 5.74) is 3.22. The molecule has 0 aliphatic carbocycles. The second kappa shape index (κ2) is 7.97. The van der Waals surface area contributed by atoms with Gasteiger partial charge in [0.25, 0.3) is 0 Å². The zero-order valence-electron chi connectivity index (χ0n) is 17.2. The van der Waals surface area contributed by atoms with E-state index in [1.807, 2.05) is 25.7 Å². The summed E-state index contributed by atoms with van der Waals surface area (Å²) < 4.78 is 16.8. The average molecular weight is 376 g/mol. The summed E-state index contributed by atoms with van der Waals surface area (Å²) in [6.07, 6.45) is 1.42. The first kappa shape index (κ1) is 19.8. The Hall–Kier alpha value is -1.95. The van der Waals surface area contributed by atoms with Crippen molar-refractivity contribution in [3.05, 3.63) is 23.3 Å². The van der Waals surface area contributed by atoms with Crippen LogP contribution in [0.15, 0.2) is 12.1 Å². The minimum atomic E-state index is -0.471. The van der Waals surface area contributed by atoms with E-state index in [1.54, 1.807) is 7.11 Å². The van der Waals surface area contributed by atoms with E-state index in [9.17, 15) is 4.79 Å². The van der Waals surface area contributed by atoms with Crippen molar-refractivity contribution in [3.63, 3.8) is 0 Å². The summed E-state index contributed by atoms with van der Waals surface area (Å²) in [4.78, 5) is 16.6. The zero-order chi connectivity index (χ0) is 19.6. The van der Waals surface area contributed by atoms with Crippen molar-refractivity contribution < 1.29 is 19.0 Å². The van der Waals surface area contributed by atoms with Gasteiger partial charge in [-0.2, -0.15) is 0 Å². The van der Waals surface area contributed by atoms with Crippen molar-refractivity contribution in [1.82, 2.24) is 4.90 Å². The maximum absolute atomic E-state index is 12.4. The third kappa shape index (κ3) is 4.67. The van der Waals surface area contributed by atoms with Crippen LogP contribution >= 0.6 is 0 Å². The number of carbonyl (C=O) groups excluding carboxylic acids is 1. The van der Waals surface area contributed by atoms with Gasteiger partial charge in [0.05, 0.1) is 18.3 Å². The van der Waals surface area contributed by atoms with Gasteiger partial charge in [-0.05, 0) is 63.8 Å². The highest BCUT2D eigenvalue weighted by Gasteiger charge is 2.28. The maximum atomic E-state index is 12.4. The number of benzene rings is 1. The van der Waals surface area contributed by atoms with E-state index in [2.05, 4.69) is 24.0 Å². The van der Waals surface area contributed by atoms with Crippen LogP contribution in [0.2, 0.25) is 0 Å². The number of nitrogens with zero attached hydrogens (tertiary/aromatic N) is 2. The highest BCUT2D eigenvalue weighted by Crippen LogP contribution is 2.37. The molecule has 2 heterocycles. The molecular formula is C21H32N2O4. The van der Waals surface area contributed by atoms with Crippen molar-refractivity contribution in [3.8, 4) is 5.75 Å². The first-order chi connectivity index (χ1) is 12.8. The monoisotopic (exact) mass is 376 g/mol. The maximum Gasteiger partial charge on any atom is 0.410 e. The standard InChI is InChI=1S/C21H32N2O4/c1-15-14-26-19-13-17-7-9-22(20(24)27-21(2,3)4)8-6-16(17)12-18(19)23(15)10-11-25-5/h12-13,15H,6-11,14H2,1-5H3/t15-/m0/s1. The Morgan fingerprint density at radius 3 is 2.52 bits per heavy atom. The van der Waals surface area contributed by atoms with Gasteiger partial charge in [-0.1, -0.05) is 0 Å². The van der Waals surface area contributed by atoms with Crippen molar-refractivity contribution >= 4 is 11.8 Å². The zero-order valence-corrected chi connectivity index (χ0v) is 17.2. The lowest BCUT2D eigenvalue weighted by Gasteiger charge is -2.37. The average Bonchev–Trinajstić information content (AvgIpc) is 2.80. The van der Waals surface area contributed by atoms with E-state index in [1.165, 1.54) is 11.1 Å². The first-order valence-corrected chi connectivity index (χ1v) is 9.80. The number of carbonyl (C=O) groups is 1. The molecule has 0 fully saturated rings. The second-order valence-electron chi connectivity index (χ2n) is 8.40. The molecule has 0 unspecified atom stereocenters. The number of fused-ring (bicyclic) bond motifs is 2. The summed E-state index contributed by atoms with van der Waals surface area (Å²) in [5, 5.41) is 0. The highest BCUT2D eigenvalue weighted by molar-refractivity contribution is 5.69. The number of anilines is 1. The van der Waals surface area contributed by atoms with E-state index in [4.69, 9.17) is 14.2 Å². The molecule has 27 heavy (non-hydrogen) atoms. The fraction of sp³-hybridized carbons (Fsp3) is 0.667. The summed E-state index contributed by atoms with van der Waals surface area (Å²) in [6.45, 7) is 11.4. The summed E-state index contributed by atoms with van der Waals surface area (Å²) in [6, 6.07) is 4.72. The Bertz CT molecular complexity index is 683. The van der Waals surface area contributed by atoms with Crippen molar-refractivity contribution in [1.29, 1.82) is 0 Å². The van der Waals surface area contributed by atoms with Crippen LogP contribution in [-0.2, 0) is 22.3 Å². The molecule has 0 spiro atoms. The molecule has 2 aliphatic rings. The summed E-state index contributed by atoms with van der Waals surface area (Å²) in [7, 11) is 1.73. The fourth-order valence-corrected chi connectivity index (χ4v) is 3.66. The molecule has 0 aromatic heterocycles. The predicted molar refractivity (Wildman–Crippen MR) is 106 cm³/mol. The van der Waals surface area contributed by atoms with Crippen LogP contribution in [0.25, 0.3) is 0 Å². The van der Waals surface area contributed by atoms with E-state index in [0.29, 0.717) is 32.3 Å². The Labute approximate surface area is 162 Å². The minimum absolute atomic E-state index is 0.230. The van der Waals surface area contributed by atoms with Crippen LogP contribution < -0.4 is 9.64 Å². The number of amides is 1. The SMILES string of the molecule is COCCN1c2cc3c(cc2OC[C@@H]1C)CCN(C(=O)OC(C)(C)C)CC3. The lowest BCUT2D eigenvalue weighted by atomic mass is 9.99. The van der Waals surface area contributed by atoms with Gasteiger partial charge in [-0.3, -0.25) is 0 Å². The molecule has 3 rings (SSSR count). The molecule has 1 aromatic carbocycles. The molecule has 0 radical (unpaired) electrons. The Balaban J connectivity index is 1.78. The Kier molecular flexibility index (Phi) is 5.84. The largest absolute Gasteiger partial charge is 0.489 e. The van der Waals surface area contributed by atoms with Crippen LogP contribution in [0, 0.1) is 0 Å². The van der Waals surface area contributed by atoms with E-state index >= 15 is 0 Å². The van der Waals surface area contributed by atoms with Crippen molar-refractivity contribution in [2.24, 2.45) is 0 Å². The second-order valence-corrected chi connectivity index (χ2v) is 8.40. The normalized spacial score (nSPS) is 19.7. The number of hydrogen-bond donors (Lipinski definition) is 0. The third-order valence-corrected chi connectivity index (χ3v) is 5.09. The molecule has 6 nitrogen and oxygen atoms in total. The van der Waals surface area contributed by atoms with Crippen LogP contribution in [-0.4, -0.2) is 62.6 Å². The first-order valence-electron chi connectivity index (χ1n) is 9.80. The molecule has 0 N–H and O–H groups in total. The highest BCUT2D eigenvalue weighted by atomic mass is 16.6. The van der Waals surface area contributed by atoms with Crippen LogP contribution in [0.4, 0.5) is 10.5 Å². The quantitative estimate of drug-likeness (QED) is 0.810. The molecule has 6 heteroatoms. The van der Waals surface area contributed by atoms with Gasteiger partial charge in [-0.25, -0.2) is 4.79 Å². The fourth-order valence-electron chi connectivity index (χ4n) is 3.66. The van der Waals surface area contributed by atoms with Gasteiger partial charge in [0.15, 0.2) is 0 Å². The summed E-state index contributed by atoms with van der Waals surface area (Å²) >= 11 is 0. The lowest BCUT2D eigenvalue weighted by Crippen LogP contribution is -2.43. The van der Waals surface area contributed by atoms with Gasteiger partial charge in [0, 0.05) is 26.7 Å². The molecule has 0 saturated heterocycles. The number of hydrogen-bond acceptors (Lipinski definition) is 5. The van der Waals surface area contributed by atoms with Gasteiger partial charge >= 0.3 is 6.09 Å². The predicted octanol–water partition coefficient (Wildman–Crippen LogP) is 3.26. The van der Waals surface area contributed by atoms with Crippen molar-refractivity contribution in [2.75, 3.05) is 44.9 Å². The molecule has 1 amide bonds. The van der Waals surface area contributed by atoms with Gasteiger partial charge in [0.2, 0.25) is 0 Å². The molecular weight excluding hydrogens is 344 g/mol. The Morgan fingerprint density at radius 2 is 1.89 bits per heavy atom. The Morgan fingerprint density at radius 1 is 1.22 bits per heavy atom. The molecule has 0 bridgehead atoms. The van der Waals surface area contributed by atoms with Crippen LogP contribution in [0.5, 0.6) is 5.75 Å². The number of rotatable bonds is 3. The van der Waals surface area contributed by atoms with E-state index < -0.39 is 5.60 Å².